The number of carbonyl (C=O) groups is 1. The Kier molecular flexibility index (Phi) is 6.35. The molecule has 8 nitrogen and oxygen atoms in total. The van der Waals surface area contributed by atoms with E-state index in [9.17, 15) is 14.7 Å². The molecule has 0 fully saturated rings. The number of hydrogen-bond acceptors (Lipinski definition) is 6. The van der Waals surface area contributed by atoms with Gasteiger partial charge in [0.25, 0.3) is 5.56 Å². The first-order valence-electron chi connectivity index (χ1n) is 7.83. The number of nitrogens with zero attached hydrogens (tertiary/aromatic N) is 4. The van der Waals surface area contributed by atoms with Gasteiger partial charge in [-0.05, 0) is 26.0 Å². The quantitative estimate of drug-likeness (QED) is 0.274. The predicted molar refractivity (Wildman–Crippen MR) is 97.3 cm³/mol. The number of ether oxygens (including phenoxy) is 1. The number of halogens is 1. The van der Waals surface area contributed by atoms with Gasteiger partial charge in [0.15, 0.2) is 5.69 Å². The number of alkyl halides is 1. The minimum Gasteiger partial charge on any atom is -0.508 e. The Hall–Kier alpha value is -2.87. The molecule has 0 saturated heterocycles. The molecule has 0 spiro atoms. The zero-order chi connectivity index (χ0) is 19.3. The fraction of sp³-hybridized carbons (Fsp3) is 0.294. The predicted octanol–water partition coefficient (Wildman–Crippen LogP) is 3.14. The summed E-state index contributed by atoms with van der Waals surface area (Å²) < 4.78 is 7.87. The van der Waals surface area contributed by atoms with Gasteiger partial charge in [0, 0.05) is 7.05 Å². The molecular weight excluding hydrogens is 360 g/mol. The van der Waals surface area contributed by atoms with Crippen LogP contribution in [0.15, 0.2) is 56.8 Å². The van der Waals surface area contributed by atoms with Gasteiger partial charge in [0.2, 0.25) is 5.70 Å². The van der Waals surface area contributed by atoms with Crippen LogP contribution in [0.2, 0.25) is 0 Å². The summed E-state index contributed by atoms with van der Waals surface area (Å²) in [5, 5.41) is 17.4. The lowest BCUT2D eigenvalue weighted by atomic mass is 10.3. The number of azo groups is 1. The number of esters is 1. The Morgan fingerprint density at radius 1 is 1.31 bits per heavy atom. The smallest absolute Gasteiger partial charge is 0.362 e. The van der Waals surface area contributed by atoms with Crippen molar-refractivity contribution in [1.82, 2.24) is 9.36 Å². The van der Waals surface area contributed by atoms with Crippen molar-refractivity contribution < 1.29 is 14.6 Å². The number of aliphatic hydroxyl groups excluding tert-OH is 1. The van der Waals surface area contributed by atoms with E-state index in [0.29, 0.717) is 11.4 Å². The molecular formula is C17H19ClN4O4. The van der Waals surface area contributed by atoms with E-state index in [2.05, 4.69) is 10.2 Å². The molecule has 138 valence electrons. The van der Waals surface area contributed by atoms with E-state index in [-0.39, 0.29) is 18.2 Å². The zero-order valence-corrected chi connectivity index (χ0v) is 15.4. The number of benzene rings is 1. The molecule has 0 saturated carbocycles. The van der Waals surface area contributed by atoms with Crippen LogP contribution in [0.5, 0.6) is 0 Å². The van der Waals surface area contributed by atoms with Gasteiger partial charge in [0.1, 0.15) is 5.76 Å². The van der Waals surface area contributed by atoms with Gasteiger partial charge in [-0.2, -0.15) is 0 Å². The van der Waals surface area contributed by atoms with Gasteiger partial charge in [0.05, 0.1) is 23.9 Å². The molecule has 26 heavy (non-hydrogen) atoms. The maximum Gasteiger partial charge on any atom is 0.362 e. The fourth-order valence-electron chi connectivity index (χ4n) is 2.25. The average Bonchev–Trinajstić information content (AvgIpc) is 2.85. The molecule has 0 aliphatic rings. The lowest BCUT2D eigenvalue weighted by molar-refractivity contribution is -0.138. The molecule has 2 rings (SSSR count). The Labute approximate surface area is 155 Å². The summed E-state index contributed by atoms with van der Waals surface area (Å²) in [6.07, 6.45) is 0. The number of aromatic nitrogens is 2. The van der Waals surface area contributed by atoms with E-state index in [1.807, 2.05) is 18.2 Å². The van der Waals surface area contributed by atoms with Crippen LogP contribution in [0.3, 0.4) is 0 Å². The van der Waals surface area contributed by atoms with E-state index in [0.717, 1.165) is 0 Å². The van der Waals surface area contributed by atoms with Gasteiger partial charge in [-0.25, -0.2) is 9.48 Å². The third-order valence-electron chi connectivity index (χ3n) is 3.64. The first kappa shape index (κ1) is 19.5. The SMILES string of the molecule is CCOC(=O)C(N=Nc1c(C)n(C)n(-c2ccccc2)c1=O)=C(O)CCl. The van der Waals surface area contributed by atoms with Crippen molar-refractivity contribution >= 4 is 23.3 Å². The summed E-state index contributed by atoms with van der Waals surface area (Å²) in [7, 11) is 1.71. The minimum atomic E-state index is -0.869. The summed E-state index contributed by atoms with van der Waals surface area (Å²) in [5.74, 6) is -1.69. The molecule has 1 N–H and O–H groups in total. The first-order chi connectivity index (χ1) is 12.4. The van der Waals surface area contributed by atoms with Gasteiger partial charge < -0.3 is 9.84 Å². The molecule has 0 bridgehead atoms. The number of para-hydroxylation sites is 1. The number of aliphatic hydroxyl groups is 1. The summed E-state index contributed by atoms with van der Waals surface area (Å²) in [4.78, 5) is 24.6. The number of carbonyl (C=O) groups excluding carboxylic acids is 1. The van der Waals surface area contributed by atoms with Crippen LogP contribution < -0.4 is 5.56 Å². The van der Waals surface area contributed by atoms with Crippen LogP contribution in [-0.2, 0) is 16.6 Å². The molecule has 1 aromatic carbocycles. The Morgan fingerprint density at radius 2 is 1.96 bits per heavy atom. The Bertz CT molecular complexity index is 913. The highest BCUT2D eigenvalue weighted by molar-refractivity contribution is 6.19. The van der Waals surface area contributed by atoms with Crippen molar-refractivity contribution in [2.45, 2.75) is 13.8 Å². The standard InChI is InChI=1S/C17H19ClN4O4/c1-4-26-17(25)15(13(23)10-18)20-19-14-11(2)21(3)22(16(14)24)12-8-6-5-7-9-12/h5-9,23H,4,10H2,1-3H3. The topological polar surface area (TPSA) is 98.2 Å². The number of hydrogen-bond donors (Lipinski definition) is 1. The van der Waals surface area contributed by atoms with Crippen LogP contribution in [0.4, 0.5) is 5.69 Å². The lowest BCUT2D eigenvalue weighted by Crippen LogP contribution is -2.19. The summed E-state index contributed by atoms with van der Waals surface area (Å²) in [6, 6.07) is 9.03. The van der Waals surface area contributed by atoms with Gasteiger partial charge in [-0.1, -0.05) is 18.2 Å². The van der Waals surface area contributed by atoms with E-state index in [1.54, 1.807) is 37.7 Å². The maximum absolute atomic E-state index is 12.7. The van der Waals surface area contributed by atoms with Gasteiger partial charge in [-0.15, -0.1) is 21.8 Å². The monoisotopic (exact) mass is 378 g/mol. The average molecular weight is 379 g/mol. The Morgan fingerprint density at radius 3 is 2.54 bits per heavy atom. The van der Waals surface area contributed by atoms with Crippen LogP contribution >= 0.6 is 11.6 Å². The van der Waals surface area contributed by atoms with Gasteiger partial charge >= 0.3 is 5.97 Å². The molecule has 9 heteroatoms. The molecule has 0 amide bonds. The lowest BCUT2D eigenvalue weighted by Gasteiger charge is -2.07. The van der Waals surface area contributed by atoms with E-state index in [1.165, 1.54) is 4.68 Å². The molecule has 0 atom stereocenters. The highest BCUT2D eigenvalue weighted by Crippen LogP contribution is 2.19. The molecule has 0 radical (unpaired) electrons. The second-order valence-electron chi connectivity index (χ2n) is 5.26. The van der Waals surface area contributed by atoms with E-state index >= 15 is 0 Å². The second-order valence-corrected chi connectivity index (χ2v) is 5.53. The molecule has 2 aromatic rings. The van der Waals surface area contributed by atoms with Crippen molar-refractivity contribution in [2.75, 3.05) is 12.5 Å². The molecule has 1 aromatic heterocycles. The molecule has 0 aliphatic carbocycles. The molecule has 1 heterocycles. The summed E-state index contributed by atoms with van der Waals surface area (Å²) >= 11 is 5.56. The largest absolute Gasteiger partial charge is 0.508 e. The number of rotatable bonds is 6. The van der Waals surface area contributed by atoms with E-state index < -0.39 is 23.0 Å². The van der Waals surface area contributed by atoms with Crippen molar-refractivity contribution in [3.05, 3.63) is 57.8 Å². The van der Waals surface area contributed by atoms with Crippen molar-refractivity contribution in [2.24, 2.45) is 17.3 Å². The third kappa shape index (κ3) is 3.85. The van der Waals surface area contributed by atoms with Crippen LogP contribution in [0.1, 0.15) is 12.6 Å². The Balaban J connectivity index is 2.52. The van der Waals surface area contributed by atoms with Crippen LogP contribution in [0, 0.1) is 6.92 Å². The highest BCUT2D eigenvalue weighted by Gasteiger charge is 2.19. The first-order valence-corrected chi connectivity index (χ1v) is 8.36. The minimum absolute atomic E-state index is 0.0422. The van der Waals surface area contributed by atoms with Crippen molar-refractivity contribution in [1.29, 1.82) is 0 Å². The molecule has 0 aliphatic heterocycles. The van der Waals surface area contributed by atoms with Crippen molar-refractivity contribution in [3.63, 3.8) is 0 Å². The second kappa shape index (κ2) is 8.48. The van der Waals surface area contributed by atoms with E-state index in [4.69, 9.17) is 16.3 Å². The molecule has 0 unspecified atom stereocenters. The fourth-order valence-corrected chi connectivity index (χ4v) is 2.38. The summed E-state index contributed by atoms with van der Waals surface area (Å²) in [5.41, 5.74) is 0.398. The number of allylic oxidation sites excluding steroid dienone is 1. The summed E-state index contributed by atoms with van der Waals surface area (Å²) in [6.45, 7) is 3.41. The normalized spacial score (nSPS) is 12.3. The zero-order valence-electron chi connectivity index (χ0n) is 14.6. The van der Waals surface area contributed by atoms with Crippen LogP contribution in [-0.4, -0.2) is 32.9 Å². The highest BCUT2D eigenvalue weighted by atomic mass is 35.5. The van der Waals surface area contributed by atoms with Gasteiger partial charge in [-0.3, -0.25) is 9.48 Å². The maximum atomic E-state index is 12.7. The van der Waals surface area contributed by atoms with Crippen LogP contribution in [0.25, 0.3) is 5.69 Å². The van der Waals surface area contributed by atoms with Crippen molar-refractivity contribution in [3.8, 4) is 5.69 Å². The third-order valence-corrected chi connectivity index (χ3v) is 3.90.